The van der Waals surface area contributed by atoms with E-state index in [9.17, 15) is 5.11 Å². The van der Waals surface area contributed by atoms with Gasteiger partial charge in [0.2, 0.25) is 0 Å². The highest BCUT2D eigenvalue weighted by atomic mass is 16.3. The fourth-order valence-corrected chi connectivity index (χ4v) is 2.02. The van der Waals surface area contributed by atoms with Gasteiger partial charge in [-0.15, -0.1) is 0 Å². The van der Waals surface area contributed by atoms with E-state index in [1.165, 1.54) is 19.3 Å². The van der Waals surface area contributed by atoms with E-state index in [1.807, 2.05) is 13.8 Å². The van der Waals surface area contributed by atoms with E-state index in [2.05, 4.69) is 31.2 Å². The Hall–Kier alpha value is -0.120. The zero-order valence-electron chi connectivity index (χ0n) is 13.1. The van der Waals surface area contributed by atoms with Crippen molar-refractivity contribution in [1.29, 1.82) is 0 Å². The summed E-state index contributed by atoms with van der Waals surface area (Å²) in [6.07, 6.45) is 5.73. The summed E-state index contributed by atoms with van der Waals surface area (Å²) in [5.41, 5.74) is -0.496. The van der Waals surface area contributed by atoms with Gasteiger partial charge in [0.05, 0.1) is 5.60 Å². The molecule has 0 aromatic rings. The normalized spacial score (nSPS) is 14.2. The fourth-order valence-electron chi connectivity index (χ4n) is 2.02. The van der Waals surface area contributed by atoms with Gasteiger partial charge in [0.1, 0.15) is 0 Å². The third kappa shape index (κ3) is 13.9. The smallest absolute Gasteiger partial charge is 0.0591 e. The van der Waals surface area contributed by atoms with Crippen LogP contribution in [0.2, 0.25) is 0 Å². The topological polar surface area (TPSA) is 35.5 Å². The van der Waals surface area contributed by atoms with Gasteiger partial charge < -0.3 is 15.3 Å². The molecule has 0 unspecified atom stereocenters. The largest absolute Gasteiger partial charge is 0.390 e. The van der Waals surface area contributed by atoms with Gasteiger partial charge in [-0.1, -0.05) is 19.8 Å². The van der Waals surface area contributed by atoms with Crippen molar-refractivity contribution < 1.29 is 5.11 Å². The van der Waals surface area contributed by atoms with Gasteiger partial charge in [-0.3, -0.25) is 0 Å². The Morgan fingerprint density at radius 2 is 1.78 bits per heavy atom. The quantitative estimate of drug-likeness (QED) is 0.559. The molecule has 0 spiro atoms. The van der Waals surface area contributed by atoms with Gasteiger partial charge in [-0.05, 0) is 72.8 Å². The second kappa shape index (κ2) is 9.76. The van der Waals surface area contributed by atoms with Crippen molar-refractivity contribution >= 4 is 0 Å². The van der Waals surface area contributed by atoms with Crippen molar-refractivity contribution in [3.63, 3.8) is 0 Å². The maximum atomic E-state index is 9.63. The number of hydrogen-bond donors (Lipinski definition) is 2. The van der Waals surface area contributed by atoms with Crippen LogP contribution in [0.1, 0.15) is 52.9 Å². The molecule has 2 N–H and O–H groups in total. The summed E-state index contributed by atoms with van der Waals surface area (Å²) in [6, 6.07) is 0. The van der Waals surface area contributed by atoms with Crippen molar-refractivity contribution in [2.24, 2.45) is 5.92 Å². The maximum absolute atomic E-state index is 9.63. The second-order valence-corrected chi connectivity index (χ2v) is 6.51. The Balaban J connectivity index is 3.29. The SMILES string of the molecule is C[C@H](CCCC(C)(C)O)CCNCCCN(C)C. The first-order chi connectivity index (χ1) is 8.31. The summed E-state index contributed by atoms with van der Waals surface area (Å²) >= 11 is 0. The third-order valence-corrected chi connectivity index (χ3v) is 3.26. The highest BCUT2D eigenvalue weighted by Crippen LogP contribution is 2.17. The minimum atomic E-state index is -0.496. The van der Waals surface area contributed by atoms with Crippen LogP contribution in [0.3, 0.4) is 0 Å². The van der Waals surface area contributed by atoms with Crippen molar-refractivity contribution in [2.45, 2.75) is 58.5 Å². The summed E-state index contributed by atoms with van der Waals surface area (Å²) in [7, 11) is 4.23. The maximum Gasteiger partial charge on any atom is 0.0591 e. The van der Waals surface area contributed by atoms with E-state index in [-0.39, 0.29) is 0 Å². The lowest BCUT2D eigenvalue weighted by Gasteiger charge is -2.18. The number of nitrogens with one attached hydrogen (secondary N) is 1. The number of aliphatic hydroxyl groups is 1. The van der Waals surface area contributed by atoms with E-state index in [1.54, 1.807) is 0 Å². The van der Waals surface area contributed by atoms with Gasteiger partial charge in [-0.25, -0.2) is 0 Å². The minimum Gasteiger partial charge on any atom is -0.390 e. The zero-order chi connectivity index (χ0) is 14.0. The van der Waals surface area contributed by atoms with Gasteiger partial charge in [0.25, 0.3) is 0 Å². The lowest BCUT2D eigenvalue weighted by atomic mass is 9.95. The predicted octanol–water partition coefficient (Wildman–Crippen LogP) is 2.50. The Morgan fingerprint density at radius 1 is 1.11 bits per heavy atom. The van der Waals surface area contributed by atoms with Crippen molar-refractivity contribution in [1.82, 2.24) is 10.2 Å². The van der Waals surface area contributed by atoms with E-state index >= 15 is 0 Å². The van der Waals surface area contributed by atoms with E-state index < -0.39 is 5.60 Å². The molecule has 0 saturated heterocycles. The van der Waals surface area contributed by atoms with Crippen molar-refractivity contribution in [3.8, 4) is 0 Å². The number of rotatable bonds is 11. The molecule has 18 heavy (non-hydrogen) atoms. The second-order valence-electron chi connectivity index (χ2n) is 6.51. The first-order valence-corrected chi connectivity index (χ1v) is 7.39. The molecular formula is C15H34N2O. The molecule has 0 heterocycles. The molecule has 3 nitrogen and oxygen atoms in total. The molecule has 3 heteroatoms. The summed E-state index contributed by atoms with van der Waals surface area (Å²) in [5, 5.41) is 13.1. The molecule has 0 fully saturated rings. The van der Waals surface area contributed by atoms with E-state index in [4.69, 9.17) is 0 Å². The lowest BCUT2D eigenvalue weighted by Crippen LogP contribution is -2.23. The van der Waals surface area contributed by atoms with Crippen LogP contribution in [-0.2, 0) is 0 Å². The first-order valence-electron chi connectivity index (χ1n) is 7.39. The van der Waals surface area contributed by atoms with Crippen LogP contribution >= 0.6 is 0 Å². The fraction of sp³-hybridized carbons (Fsp3) is 1.00. The molecule has 0 aliphatic rings. The van der Waals surface area contributed by atoms with Crippen LogP contribution in [0.15, 0.2) is 0 Å². The molecule has 0 amide bonds. The molecule has 0 aromatic carbocycles. The zero-order valence-corrected chi connectivity index (χ0v) is 13.1. The number of hydrogen-bond acceptors (Lipinski definition) is 3. The summed E-state index contributed by atoms with van der Waals surface area (Å²) < 4.78 is 0. The van der Waals surface area contributed by atoms with Crippen LogP contribution in [0.25, 0.3) is 0 Å². The summed E-state index contributed by atoms with van der Waals surface area (Å²) in [4.78, 5) is 2.22. The molecule has 1 atom stereocenters. The molecule has 0 rings (SSSR count). The number of nitrogens with zero attached hydrogens (tertiary/aromatic N) is 1. The summed E-state index contributed by atoms with van der Waals surface area (Å²) in [6.45, 7) is 9.50. The van der Waals surface area contributed by atoms with Gasteiger partial charge in [-0.2, -0.15) is 0 Å². The van der Waals surface area contributed by atoms with Gasteiger partial charge in [0, 0.05) is 0 Å². The summed E-state index contributed by atoms with van der Waals surface area (Å²) in [5.74, 6) is 0.758. The highest BCUT2D eigenvalue weighted by molar-refractivity contribution is 4.66. The first kappa shape index (κ1) is 17.9. The molecular weight excluding hydrogens is 224 g/mol. The Bertz CT molecular complexity index is 187. The molecule has 110 valence electrons. The molecule has 0 aliphatic heterocycles. The molecule has 0 radical (unpaired) electrons. The van der Waals surface area contributed by atoms with Crippen LogP contribution in [0, 0.1) is 5.92 Å². The standard InChI is InChI=1S/C15H34N2O/c1-14(8-6-10-15(2,3)18)9-12-16-11-7-13-17(4)5/h14,16,18H,6-13H2,1-5H3/t14-/m1/s1. The minimum absolute atomic E-state index is 0.496. The van der Waals surface area contributed by atoms with Crippen LogP contribution in [0.5, 0.6) is 0 Å². The van der Waals surface area contributed by atoms with Crippen molar-refractivity contribution in [2.75, 3.05) is 33.7 Å². The van der Waals surface area contributed by atoms with Crippen LogP contribution < -0.4 is 5.32 Å². The Morgan fingerprint density at radius 3 is 2.33 bits per heavy atom. The average Bonchev–Trinajstić information content (AvgIpc) is 2.20. The van der Waals surface area contributed by atoms with E-state index in [0.717, 1.165) is 38.4 Å². The monoisotopic (exact) mass is 258 g/mol. The van der Waals surface area contributed by atoms with Gasteiger partial charge >= 0.3 is 0 Å². The van der Waals surface area contributed by atoms with E-state index in [0.29, 0.717) is 0 Å². The van der Waals surface area contributed by atoms with Crippen molar-refractivity contribution in [3.05, 3.63) is 0 Å². The predicted molar refractivity (Wildman–Crippen MR) is 80.0 cm³/mol. The highest BCUT2D eigenvalue weighted by Gasteiger charge is 2.12. The molecule has 0 saturated carbocycles. The lowest BCUT2D eigenvalue weighted by molar-refractivity contribution is 0.0669. The van der Waals surface area contributed by atoms with Gasteiger partial charge in [0.15, 0.2) is 0 Å². The van der Waals surface area contributed by atoms with Crippen LogP contribution in [0.4, 0.5) is 0 Å². The Kier molecular flexibility index (Phi) is 9.70. The Labute approximate surface area is 114 Å². The molecule has 0 aliphatic carbocycles. The molecule has 0 bridgehead atoms. The average molecular weight is 258 g/mol. The molecule has 0 aromatic heterocycles. The van der Waals surface area contributed by atoms with Crippen LogP contribution in [-0.4, -0.2) is 49.3 Å². The third-order valence-electron chi connectivity index (χ3n) is 3.26.